The molecule has 2 aromatic rings. The first kappa shape index (κ1) is 18.4. The quantitative estimate of drug-likeness (QED) is 0.833. The summed E-state index contributed by atoms with van der Waals surface area (Å²) in [5, 5.41) is 5.62. The average molecular weight is 340 g/mol. The number of benzene rings is 1. The zero-order chi connectivity index (χ0) is 18.2. The third kappa shape index (κ3) is 5.04. The Labute approximate surface area is 148 Å². The minimum Gasteiger partial charge on any atom is -0.326 e. The van der Waals surface area contributed by atoms with Gasteiger partial charge in [-0.05, 0) is 49.2 Å². The molecule has 0 aliphatic carbocycles. The summed E-state index contributed by atoms with van der Waals surface area (Å²) in [4.78, 5) is 29.8. The lowest BCUT2D eigenvalue weighted by Gasteiger charge is -2.30. The lowest BCUT2D eigenvalue weighted by molar-refractivity contribution is -0.114. The van der Waals surface area contributed by atoms with E-state index < -0.39 is 0 Å². The number of rotatable bonds is 6. The molecule has 25 heavy (non-hydrogen) atoms. The van der Waals surface area contributed by atoms with Crippen LogP contribution in [0.1, 0.15) is 38.8 Å². The van der Waals surface area contributed by atoms with E-state index in [1.54, 1.807) is 41.6 Å². The average Bonchev–Trinajstić information content (AvgIpc) is 2.59. The van der Waals surface area contributed by atoms with E-state index in [4.69, 9.17) is 0 Å². The molecule has 0 saturated carbocycles. The maximum atomic E-state index is 12.8. The minimum atomic E-state index is -0.175. The van der Waals surface area contributed by atoms with Gasteiger partial charge in [-0.3, -0.25) is 9.78 Å². The second kappa shape index (κ2) is 8.82. The van der Waals surface area contributed by atoms with Crippen molar-refractivity contribution >= 4 is 23.3 Å². The van der Waals surface area contributed by atoms with Crippen LogP contribution in [-0.2, 0) is 4.79 Å². The fourth-order valence-corrected chi connectivity index (χ4v) is 2.80. The number of carbonyl (C=O) groups excluding carboxylic acids is 2. The molecule has 6 nitrogen and oxygen atoms in total. The number of anilines is 2. The molecule has 6 heteroatoms. The van der Waals surface area contributed by atoms with Crippen molar-refractivity contribution in [1.82, 2.24) is 9.88 Å². The van der Waals surface area contributed by atoms with E-state index in [1.165, 1.54) is 6.92 Å². The number of pyridine rings is 1. The zero-order valence-electron chi connectivity index (χ0n) is 14.8. The van der Waals surface area contributed by atoms with E-state index in [-0.39, 0.29) is 18.0 Å². The van der Waals surface area contributed by atoms with Crippen molar-refractivity contribution < 1.29 is 9.59 Å². The first-order valence-corrected chi connectivity index (χ1v) is 8.40. The first-order valence-electron chi connectivity index (χ1n) is 8.40. The van der Waals surface area contributed by atoms with Gasteiger partial charge in [-0.15, -0.1) is 0 Å². The van der Waals surface area contributed by atoms with Crippen LogP contribution in [0.5, 0.6) is 0 Å². The van der Waals surface area contributed by atoms with Gasteiger partial charge >= 0.3 is 6.03 Å². The molecule has 2 N–H and O–H groups in total. The van der Waals surface area contributed by atoms with Crippen molar-refractivity contribution in [2.75, 3.05) is 17.2 Å². The second-order valence-corrected chi connectivity index (χ2v) is 5.68. The van der Waals surface area contributed by atoms with Crippen LogP contribution in [0.15, 0.2) is 48.8 Å². The normalized spacial score (nSPS) is 11.5. The van der Waals surface area contributed by atoms with Crippen molar-refractivity contribution in [3.8, 4) is 0 Å². The molecule has 0 radical (unpaired) electrons. The summed E-state index contributed by atoms with van der Waals surface area (Å²) in [5.74, 6) is -0.151. The third-order valence-corrected chi connectivity index (χ3v) is 3.89. The van der Waals surface area contributed by atoms with Crippen LogP contribution in [0.4, 0.5) is 16.2 Å². The van der Waals surface area contributed by atoms with Crippen LogP contribution in [-0.4, -0.2) is 28.4 Å². The Hall–Kier alpha value is -2.89. The summed E-state index contributed by atoms with van der Waals surface area (Å²) in [6.07, 6.45) is 4.28. The van der Waals surface area contributed by atoms with Gasteiger partial charge in [0.15, 0.2) is 0 Å². The van der Waals surface area contributed by atoms with Gasteiger partial charge in [0.05, 0.1) is 6.04 Å². The highest BCUT2D eigenvalue weighted by Gasteiger charge is 2.22. The van der Waals surface area contributed by atoms with Gasteiger partial charge in [0.2, 0.25) is 5.91 Å². The number of hydrogen-bond donors (Lipinski definition) is 2. The van der Waals surface area contributed by atoms with Crippen molar-refractivity contribution in [1.29, 1.82) is 0 Å². The molecule has 0 spiro atoms. The summed E-state index contributed by atoms with van der Waals surface area (Å²) in [5.41, 5.74) is 2.34. The predicted octanol–water partition coefficient (Wildman–Crippen LogP) is 4.05. The Bertz CT molecular complexity index is 718. The van der Waals surface area contributed by atoms with Crippen LogP contribution in [0.2, 0.25) is 0 Å². The maximum Gasteiger partial charge on any atom is 0.322 e. The van der Waals surface area contributed by atoms with E-state index in [0.717, 1.165) is 12.0 Å². The second-order valence-electron chi connectivity index (χ2n) is 5.68. The Morgan fingerprint density at radius 1 is 1.08 bits per heavy atom. The number of nitrogens with one attached hydrogen (secondary N) is 2. The Balaban J connectivity index is 2.15. The fourth-order valence-electron chi connectivity index (χ4n) is 2.80. The van der Waals surface area contributed by atoms with Gasteiger partial charge in [-0.2, -0.15) is 0 Å². The first-order chi connectivity index (χ1) is 12.0. The van der Waals surface area contributed by atoms with Crippen molar-refractivity contribution in [3.63, 3.8) is 0 Å². The van der Waals surface area contributed by atoms with Gasteiger partial charge in [0.1, 0.15) is 0 Å². The molecule has 1 atom stereocenters. The zero-order valence-corrected chi connectivity index (χ0v) is 14.8. The van der Waals surface area contributed by atoms with E-state index >= 15 is 0 Å². The molecule has 132 valence electrons. The minimum absolute atomic E-state index is 0.0217. The summed E-state index contributed by atoms with van der Waals surface area (Å²) in [6.45, 7) is 6.04. The molecule has 0 saturated heterocycles. The Morgan fingerprint density at radius 2 is 1.72 bits per heavy atom. The maximum absolute atomic E-state index is 12.8. The smallest absolute Gasteiger partial charge is 0.322 e. The highest BCUT2D eigenvalue weighted by molar-refractivity contribution is 5.92. The van der Waals surface area contributed by atoms with Crippen LogP contribution >= 0.6 is 0 Å². The van der Waals surface area contributed by atoms with Crippen molar-refractivity contribution in [3.05, 3.63) is 54.4 Å². The van der Waals surface area contributed by atoms with E-state index in [0.29, 0.717) is 17.9 Å². The molecule has 0 aliphatic rings. The Kier molecular flexibility index (Phi) is 6.51. The Morgan fingerprint density at radius 3 is 2.28 bits per heavy atom. The number of nitrogens with zero attached hydrogens (tertiary/aromatic N) is 2. The van der Waals surface area contributed by atoms with Gasteiger partial charge < -0.3 is 15.5 Å². The number of hydrogen-bond acceptors (Lipinski definition) is 3. The van der Waals surface area contributed by atoms with E-state index in [2.05, 4.69) is 22.5 Å². The number of aromatic nitrogens is 1. The highest BCUT2D eigenvalue weighted by atomic mass is 16.2. The number of carbonyl (C=O) groups is 2. The highest BCUT2D eigenvalue weighted by Crippen LogP contribution is 2.25. The largest absolute Gasteiger partial charge is 0.326 e. The van der Waals surface area contributed by atoms with Crippen LogP contribution in [0.25, 0.3) is 0 Å². The fraction of sp³-hybridized carbons (Fsp3) is 0.316. The molecule has 3 amide bonds. The number of amides is 3. The third-order valence-electron chi connectivity index (χ3n) is 3.89. The lowest BCUT2D eigenvalue weighted by atomic mass is 10.0. The van der Waals surface area contributed by atoms with Gasteiger partial charge in [-0.1, -0.05) is 13.0 Å². The monoisotopic (exact) mass is 340 g/mol. The number of urea groups is 1. The molecular weight excluding hydrogens is 316 g/mol. The van der Waals surface area contributed by atoms with Gasteiger partial charge in [0, 0.05) is 37.2 Å². The van der Waals surface area contributed by atoms with E-state index in [1.807, 2.05) is 19.1 Å². The molecule has 2 rings (SSSR count). The molecule has 1 aromatic heterocycles. The SMILES string of the molecule is CC[C@H](c1ccncc1)N(CC)C(=O)Nc1cccc(NC(C)=O)c1. The van der Waals surface area contributed by atoms with Crippen LogP contribution in [0, 0.1) is 0 Å². The van der Waals surface area contributed by atoms with Gasteiger partial charge in [0.25, 0.3) is 0 Å². The lowest BCUT2D eigenvalue weighted by Crippen LogP contribution is -2.37. The van der Waals surface area contributed by atoms with Crippen LogP contribution in [0.3, 0.4) is 0 Å². The molecule has 1 heterocycles. The molecular formula is C19H24N4O2. The standard InChI is InChI=1S/C19H24N4O2/c1-4-18(15-9-11-20-12-10-15)23(5-2)19(25)22-17-8-6-7-16(13-17)21-14(3)24/h6-13,18H,4-5H2,1-3H3,(H,21,24)(H,22,25)/t18-/m1/s1. The van der Waals surface area contributed by atoms with Crippen LogP contribution < -0.4 is 10.6 Å². The predicted molar refractivity (Wildman–Crippen MR) is 99.4 cm³/mol. The summed E-state index contributed by atoms with van der Waals surface area (Å²) < 4.78 is 0. The summed E-state index contributed by atoms with van der Waals surface area (Å²) >= 11 is 0. The van der Waals surface area contributed by atoms with Gasteiger partial charge in [-0.25, -0.2) is 4.79 Å². The molecule has 0 bridgehead atoms. The summed E-state index contributed by atoms with van der Waals surface area (Å²) in [6, 6.07) is 10.8. The topological polar surface area (TPSA) is 74.3 Å². The molecule has 0 unspecified atom stereocenters. The van der Waals surface area contributed by atoms with Crippen molar-refractivity contribution in [2.45, 2.75) is 33.2 Å². The summed E-state index contributed by atoms with van der Waals surface area (Å²) in [7, 11) is 0. The molecule has 0 fully saturated rings. The molecule has 1 aromatic carbocycles. The molecule has 0 aliphatic heterocycles. The van der Waals surface area contributed by atoms with E-state index in [9.17, 15) is 9.59 Å². The van der Waals surface area contributed by atoms with Crippen molar-refractivity contribution in [2.24, 2.45) is 0 Å².